The van der Waals surface area contributed by atoms with Crippen LogP contribution in [0.15, 0.2) is 48.5 Å². The Hall–Kier alpha value is -2.60. The first-order valence-corrected chi connectivity index (χ1v) is 9.59. The number of benzene rings is 2. The molecule has 150 valence electrons. The van der Waals surface area contributed by atoms with Gasteiger partial charge in [-0.15, -0.1) is 0 Å². The lowest BCUT2D eigenvalue weighted by Gasteiger charge is -2.33. The largest absolute Gasteiger partial charge is 0.345 e. The van der Waals surface area contributed by atoms with Crippen LogP contribution in [0.1, 0.15) is 37.8 Å². The molecule has 3 N–H and O–H groups in total. The van der Waals surface area contributed by atoms with Crippen molar-refractivity contribution in [1.82, 2.24) is 16.0 Å². The van der Waals surface area contributed by atoms with Crippen LogP contribution in [0.4, 0.5) is 9.18 Å². The number of nitrogens with one attached hydrogen (secondary N) is 3. The van der Waals surface area contributed by atoms with Gasteiger partial charge in [-0.25, -0.2) is 9.18 Å². The minimum absolute atomic E-state index is 0.148. The Morgan fingerprint density at radius 2 is 1.57 bits per heavy atom. The van der Waals surface area contributed by atoms with Crippen molar-refractivity contribution in [2.45, 2.75) is 38.8 Å². The Kier molecular flexibility index (Phi) is 7.81. The third-order valence-corrected chi connectivity index (χ3v) is 5.01. The van der Waals surface area contributed by atoms with Gasteiger partial charge in [0, 0.05) is 11.6 Å². The molecule has 0 unspecified atom stereocenters. The fourth-order valence-corrected chi connectivity index (χ4v) is 3.12. The summed E-state index contributed by atoms with van der Waals surface area (Å²) in [5.74, 6) is -0.614. The molecule has 3 amide bonds. The van der Waals surface area contributed by atoms with Crippen molar-refractivity contribution in [2.75, 3.05) is 6.54 Å². The van der Waals surface area contributed by atoms with Crippen LogP contribution in [-0.4, -0.2) is 18.5 Å². The quantitative estimate of drug-likeness (QED) is 0.618. The average Bonchev–Trinajstić information content (AvgIpc) is 2.71. The number of hydrogen-bond acceptors (Lipinski definition) is 2. The van der Waals surface area contributed by atoms with Gasteiger partial charge in [0.05, 0.1) is 12.1 Å². The highest BCUT2D eigenvalue weighted by Crippen LogP contribution is 2.29. The summed E-state index contributed by atoms with van der Waals surface area (Å²) in [7, 11) is 0. The maximum Gasteiger partial charge on any atom is 0.315 e. The Bertz CT molecular complexity index is 790. The predicted molar refractivity (Wildman–Crippen MR) is 108 cm³/mol. The summed E-state index contributed by atoms with van der Waals surface area (Å²) in [5, 5.41) is 8.84. The molecule has 0 bridgehead atoms. The molecule has 0 spiro atoms. The van der Waals surface area contributed by atoms with E-state index < -0.39 is 11.6 Å². The zero-order valence-electron chi connectivity index (χ0n) is 16.0. The third-order valence-electron chi connectivity index (χ3n) is 4.76. The summed E-state index contributed by atoms with van der Waals surface area (Å²) in [6, 6.07) is 12.8. The number of urea groups is 1. The molecule has 0 heterocycles. The maximum absolute atomic E-state index is 12.9. The van der Waals surface area contributed by atoms with Crippen LogP contribution in [0.5, 0.6) is 0 Å². The molecule has 0 fully saturated rings. The molecule has 0 radical (unpaired) electrons. The Morgan fingerprint density at radius 3 is 2.14 bits per heavy atom. The lowest BCUT2D eigenvalue weighted by atomic mass is 9.84. The molecule has 5 nitrogen and oxygen atoms in total. The normalized spacial score (nSPS) is 11.0. The summed E-state index contributed by atoms with van der Waals surface area (Å²) in [5.41, 5.74) is 1.21. The molecular weight excluding hydrogens is 381 g/mol. The van der Waals surface area contributed by atoms with E-state index in [-0.39, 0.29) is 24.8 Å². The highest BCUT2D eigenvalue weighted by atomic mass is 35.5. The van der Waals surface area contributed by atoms with Crippen LogP contribution >= 0.6 is 11.6 Å². The van der Waals surface area contributed by atoms with Crippen LogP contribution in [0.25, 0.3) is 0 Å². The molecule has 2 rings (SSSR count). The van der Waals surface area contributed by atoms with Gasteiger partial charge in [0.25, 0.3) is 0 Å². The molecule has 0 saturated carbocycles. The summed E-state index contributed by atoms with van der Waals surface area (Å²) in [6.45, 7) is 4.10. The van der Waals surface area contributed by atoms with E-state index in [1.165, 1.54) is 12.1 Å². The van der Waals surface area contributed by atoms with Gasteiger partial charge in [0.1, 0.15) is 5.82 Å². The van der Waals surface area contributed by atoms with Crippen molar-refractivity contribution in [3.8, 4) is 0 Å². The van der Waals surface area contributed by atoms with Crippen LogP contribution < -0.4 is 16.0 Å². The second-order valence-corrected chi connectivity index (χ2v) is 6.94. The molecule has 0 atom stereocenters. The molecular formula is C21H25ClFN3O2. The fraction of sp³-hybridized carbons (Fsp3) is 0.333. The zero-order chi connectivity index (χ0) is 20.6. The van der Waals surface area contributed by atoms with Crippen LogP contribution in [-0.2, 0) is 16.9 Å². The Morgan fingerprint density at radius 1 is 0.964 bits per heavy atom. The number of carbonyl (C=O) groups is 2. The van der Waals surface area contributed by atoms with Crippen molar-refractivity contribution < 1.29 is 14.0 Å². The van der Waals surface area contributed by atoms with Crippen molar-refractivity contribution in [3.63, 3.8) is 0 Å². The highest BCUT2D eigenvalue weighted by Gasteiger charge is 2.30. The standard InChI is InChI=1S/C21H25ClFN3O2/c1-3-21(4-2,16-7-9-17(22)10-8-16)26-19(27)14-25-20(28)24-13-15-5-11-18(23)12-6-15/h5-12H,3-4,13-14H2,1-2H3,(H,26,27)(H2,24,25,28). The van der Waals surface area contributed by atoms with Gasteiger partial charge in [-0.3, -0.25) is 4.79 Å². The SMILES string of the molecule is CCC(CC)(NC(=O)CNC(=O)NCc1ccc(F)cc1)c1ccc(Cl)cc1. The molecule has 7 heteroatoms. The van der Waals surface area contributed by atoms with Gasteiger partial charge in [-0.05, 0) is 48.2 Å². The number of rotatable bonds is 8. The fourth-order valence-electron chi connectivity index (χ4n) is 2.99. The minimum atomic E-state index is -0.520. The summed E-state index contributed by atoms with van der Waals surface area (Å²) in [4.78, 5) is 24.3. The lowest BCUT2D eigenvalue weighted by molar-refractivity contribution is -0.122. The van der Waals surface area contributed by atoms with Crippen LogP contribution in [0.2, 0.25) is 5.02 Å². The van der Waals surface area contributed by atoms with Gasteiger partial charge in [-0.1, -0.05) is 49.7 Å². The number of hydrogen-bond donors (Lipinski definition) is 3. The van der Waals surface area contributed by atoms with Gasteiger partial charge in [0.15, 0.2) is 0 Å². The average molecular weight is 406 g/mol. The Labute approximate surface area is 169 Å². The molecule has 0 aliphatic rings. The molecule has 2 aromatic rings. The predicted octanol–water partition coefficient (Wildman–Crippen LogP) is 4.11. The van der Waals surface area contributed by atoms with Crippen LogP contribution in [0, 0.1) is 5.82 Å². The minimum Gasteiger partial charge on any atom is -0.345 e. The molecule has 0 aromatic heterocycles. The number of halogens is 2. The van der Waals surface area contributed by atoms with E-state index in [0.29, 0.717) is 17.9 Å². The van der Waals surface area contributed by atoms with Gasteiger partial charge in [0.2, 0.25) is 5.91 Å². The first-order chi connectivity index (χ1) is 13.4. The molecule has 0 saturated heterocycles. The summed E-state index contributed by atoms with van der Waals surface area (Å²) >= 11 is 5.96. The van der Waals surface area contributed by atoms with Crippen molar-refractivity contribution in [2.24, 2.45) is 0 Å². The van der Waals surface area contributed by atoms with Crippen molar-refractivity contribution in [1.29, 1.82) is 0 Å². The van der Waals surface area contributed by atoms with E-state index in [1.54, 1.807) is 24.3 Å². The Balaban J connectivity index is 1.87. The monoisotopic (exact) mass is 405 g/mol. The number of amides is 3. The van der Waals surface area contributed by atoms with E-state index in [2.05, 4.69) is 16.0 Å². The zero-order valence-corrected chi connectivity index (χ0v) is 16.8. The topological polar surface area (TPSA) is 70.2 Å². The molecule has 2 aromatic carbocycles. The van der Waals surface area contributed by atoms with E-state index in [1.807, 2.05) is 26.0 Å². The lowest BCUT2D eigenvalue weighted by Crippen LogP contribution is -2.49. The molecule has 0 aliphatic carbocycles. The summed E-state index contributed by atoms with van der Waals surface area (Å²) in [6.07, 6.45) is 1.40. The highest BCUT2D eigenvalue weighted by molar-refractivity contribution is 6.30. The molecule has 0 aliphatic heterocycles. The third kappa shape index (κ3) is 5.96. The van der Waals surface area contributed by atoms with Gasteiger partial charge >= 0.3 is 6.03 Å². The van der Waals surface area contributed by atoms with Crippen molar-refractivity contribution >= 4 is 23.5 Å². The van der Waals surface area contributed by atoms with E-state index in [4.69, 9.17) is 11.6 Å². The van der Waals surface area contributed by atoms with Gasteiger partial charge < -0.3 is 16.0 Å². The number of carbonyl (C=O) groups excluding carboxylic acids is 2. The first-order valence-electron chi connectivity index (χ1n) is 9.21. The van der Waals surface area contributed by atoms with Crippen LogP contribution in [0.3, 0.4) is 0 Å². The van der Waals surface area contributed by atoms with E-state index in [0.717, 1.165) is 11.1 Å². The first kappa shape index (κ1) is 21.7. The second kappa shape index (κ2) is 10.1. The van der Waals surface area contributed by atoms with E-state index >= 15 is 0 Å². The molecule has 28 heavy (non-hydrogen) atoms. The summed E-state index contributed by atoms with van der Waals surface area (Å²) < 4.78 is 12.9. The van der Waals surface area contributed by atoms with E-state index in [9.17, 15) is 14.0 Å². The smallest absolute Gasteiger partial charge is 0.315 e. The second-order valence-electron chi connectivity index (χ2n) is 6.51. The van der Waals surface area contributed by atoms with Gasteiger partial charge in [-0.2, -0.15) is 0 Å². The van der Waals surface area contributed by atoms with Crippen molar-refractivity contribution in [3.05, 3.63) is 70.5 Å². The maximum atomic E-state index is 12.9.